The molecular weight excluding hydrogens is 430 g/mol. The van der Waals surface area contributed by atoms with Crippen LogP contribution < -0.4 is 15.1 Å². The lowest BCUT2D eigenvalue weighted by atomic mass is 10.2. The summed E-state index contributed by atoms with van der Waals surface area (Å²) >= 11 is 5.01. The first-order valence-corrected chi connectivity index (χ1v) is 9.75. The Labute approximate surface area is 167 Å². The third-order valence-corrected chi connectivity index (χ3v) is 5.34. The van der Waals surface area contributed by atoms with Crippen LogP contribution in [0.3, 0.4) is 0 Å². The van der Waals surface area contributed by atoms with Gasteiger partial charge in [0, 0.05) is 27.4 Å². The number of thiazole rings is 1. The molecule has 0 amide bonds. The number of benzene rings is 2. The fraction of sp³-hybridized carbons (Fsp3) is 0.100. The molecule has 4 aromatic rings. The van der Waals surface area contributed by atoms with Crippen LogP contribution in [0.25, 0.3) is 21.5 Å². The summed E-state index contributed by atoms with van der Waals surface area (Å²) in [5.74, 6) is 1.39. The summed E-state index contributed by atoms with van der Waals surface area (Å²) in [6.45, 7) is 0.315. The van der Waals surface area contributed by atoms with Crippen molar-refractivity contribution in [3.63, 3.8) is 0 Å². The van der Waals surface area contributed by atoms with Crippen LogP contribution in [-0.4, -0.2) is 12.1 Å². The van der Waals surface area contributed by atoms with Gasteiger partial charge in [0.15, 0.2) is 0 Å². The van der Waals surface area contributed by atoms with Gasteiger partial charge < -0.3 is 13.9 Å². The first kappa shape index (κ1) is 17.8. The van der Waals surface area contributed by atoms with Crippen LogP contribution in [0.1, 0.15) is 5.69 Å². The third kappa shape index (κ3) is 3.89. The van der Waals surface area contributed by atoms with Crippen molar-refractivity contribution in [1.29, 1.82) is 0 Å². The van der Waals surface area contributed by atoms with Crippen molar-refractivity contribution in [2.75, 3.05) is 7.11 Å². The van der Waals surface area contributed by atoms with Crippen LogP contribution in [0.4, 0.5) is 0 Å². The Balaban J connectivity index is 1.53. The lowest BCUT2D eigenvalue weighted by Crippen LogP contribution is -1.97. The van der Waals surface area contributed by atoms with E-state index in [1.54, 1.807) is 19.2 Å². The minimum absolute atomic E-state index is 0.315. The third-order valence-electron chi connectivity index (χ3n) is 3.92. The molecule has 2 aromatic carbocycles. The molecular formula is C20H14BrNO4S. The van der Waals surface area contributed by atoms with E-state index in [0.29, 0.717) is 17.9 Å². The zero-order valence-corrected chi connectivity index (χ0v) is 16.7. The first-order valence-electron chi connectivity index (χ1n) is 8.07. The Morgan fingerprint density at radius 1 is 1.15 bits per heavy atom. The molecule has 0 saturated carbocycles. The molecule has 5 nitrogen and oxygen atoms in total. The Bertz CT molecular complexity index is 1170. The molecule has 27 heavy (non-hydrogen) atoms. The predicted molar refractivity (Wildman–Crippen MR) is 109 cm³/mol. The van der Waals surface area contributed by atoms with Crippen LogP contribution in [0.2, 0.25) is 0 Å². The molecule has 0 aliphatic heterocycles. The minimum Gasteiger partial charge on any atom is -0.496 e. The molecule has 7 heteroatoms. The smallest absolute Gasteiger partial charge is 0.336 e. The van der Waals surface area contributed by atoms with Crippen molar-refractivity contribution in [3.8, 4) is 22.1 Å². The highest BCUT2D eigenvalue weighted by Crippen LogP contribution is 2.34. The maximum Gasteiger partial charge on any atom is 0.336 e. The van der Waals surface area contributed by atoms with Gasteiger partial charge in [0.1, 0.15) is 28.7 Å². The summed E-state index contributed by atoms with van der Waals surface area (Å²) in [4.78, 5) is 16.0. The van der Waals surface area contributed by atoms with Gasteiger partial charge in [0.05, 0.1) is 18.4 Å². The molecule has 0 saturated heterocycles. The van der Waals surface area contributed by atoms with Crippen molar-refractivity contribution in [3.05, 3.63) is 74.5 Å². The molecule has 0 radical (unpaired) electrons. The summed E-state index contributed by atoms with van der Waals surface area (Å²) < 4.78 is 17.4. The number of aromatic nitrogens is 1. The van der Waals surface area contributed by atoms with Crippen molar-refractivity contribution < 1.29 is 13.9 Å². The van der Waals surface area contributed by atoms with E-state index in [4.69, 9.17) is 13.9 Å². The predicted octanol–water partition coefficient (Wildman–Crippen LogP) is 5.27. The van der Waals surface area contributed by atoms with Crippen LogP contribution in [-0.2, 0) is 6.61 Å². The molecule has 0 bridgehead atoms. The number of methoxy groups -OCH3 is 1. The summed E-state index contributed by atoms with van der Waals surface area (Å²) in [5.41, 5.74) is 1.85. The van der Waals surface area contributed by atoms with Gasteiger partial charge in [-0.25, -0.2) is 9.78 Å². The van der Waals surface area contributed by atoms with Gasteiger partial charge in [-0.05, 0) is 36.4 Å². The largest absolute Gasteiger partial charge is 0.496 e. The van der Waals surface area contributed by atoms with Crippen molar-refractivity contribution in [2.24, 2.45) is 0 Å². The van der Waals surface area contributed by atoms with Gasteiger partial charge in [-0.3, -0.25) is 0 Å². The zero-order valence-electron chi connectivity index (χ0n) is 14.3. The number of fused-ring (bicyclic) bond motifs is 1. The highest BCUT2D eigenvalue weighted by atomic mass is 79.9. The minimum atomic E-state index is -0.383. The van der Waals surface area contributed by atoms with E-state index in [1.807, 2.05) is 35.7 Å². The second-order valence-electron chi connectivity index (χ2n) is 5.73. The number of nitrogens with zero attached hydrogens (tertiary/aromatic N) is 1. The molecule has 0 spiro atoms. The normalized spacial score (nSPS) is 10.9. The number of hydrogen-bond donors (Lipinski definition) is 0. The number of rotatable bonds is 5. The van der Waals surface area contributed by atoms with E-state index in [1.165, 1.54) is 17.4 Å². The van der Waals surface area contributed by atoms with E-state index in [0.717, 1.165) is 31.9 Å². The molecule has 0 aliphatic carbocycles. The van der Waals surface area contributed by atoms with Crippen molar-refractivity contribution >= 4 is 38.2 Å². The van der Waals surface area contributed by atoms with Crippen LogP contribution in [0.5, 0.6) is 11.5 Å². The second-order valence-corrected chi connectivity index (χ2v) is 7.51. The number of ether oxygens (including phenoxy) is 2. The molecule has 0 unspecified atom stereocenters. The Morgan fingerprint density at radius 3 is 2.85 bits per heavy atom. The maximum absolute atomic E-state index is 11.4. The van der Waals surface area contributed by atoms with E-state index >= 15 is 0 Å². The Morgan fingerprint density at radius 2 is 2.00 bits per heavy atom. The summed E-state index contributed by atoms with van der Waals surface area (Å²) in [5, 5.41) is 3.66. The quantitative estimate of drug-likeness (QED) is 0.393. The molecule has 0 fully saturated rings. The Kier molecular flexibility index (Phi) is 4.96. The highest BCUT2D eigenvalue weighted by molar-refractivity contribution is 9.10. The van der Waals surface area contributed by atoms with Gasteiger partial charge in [-0.1, -0.05) is 15.9 Å². The van der Waals surface area contributed by atoms with E-state index in [9.17, 15) is 4.79 Å². The first-order chi connectivity index (χ1) is 13.1. The number of hydrogen-bond acceptors (Lipinski definition) is 6. The average Bonchev–Trinajstić information content (AvgIpc) is 3.15. The molecule has 136 valence electrons. The summed E-state index contributed by atoms with van der Waals surface area (Å²) in [6.07, 6.45) is 0. The molecule has 0 N–H and O–H groups in total. The van der Waals surface area contributed by atoms with Gasteiger partial charge in [0.2, 0.25) is 0 Å². The standard InChI is InChI=1S/C20H14BrNO4S/c1-24-17-6-4-13(21)8-16(17)20-22-14(11-27-20)10-25-15-5-2-12-3-7-19(23)26-18(12)9-15/h2-9,11H,10H2,1H3. The molecule has 2 aromatic heterocycles. The van der Waals surface area contributed by atoms with Gasteiger partial charge in [0.25, 0.3) is 0 Å². The number of halogens is 1. The van der Waals surface area contributed by atoms with E-state index < -0.39 is 0 Å². The summed E-state index contributed by atoms with van der Waals surface area (Å²) in [7, 11) is 1.64. The van der Waals surface area contributed by atoms with Crippen LogP contribution in [0, 0.1) is 0 Å². The molecule has 0 aliphatic rings. The monoisotopic (exact) mass is 443 g/mol. The van der Waals surface area contributed by atoms with E-state index in [2.05, 4.69) is 20.9 Å². The van der Waals surface area contributed by atoms with E-state index in [-0.39, 0.29) is 5.63 Å². The second kappa shape index (κ2) is 7.54. The van der Waals surface area contributed by atoms with Gasteiger partial charge >= 0.3 is 5.63 Å². The molecule has 2 heterocycles. The van der Waals surface area contributed by atoms with Crippen molar-refractivity contribution in [1.82, 2.24) is 4.98 Å². The van der Waals surface area contributed by atoms with Gasteiger partial charge in [-0.2, -0.15) is 0 Å². The Hall–Kier alpha value is -2.64. The SMILES string of the molecule is COc1ccc(Br)cc1-c1nc(COc2ccc3ccc(=O)oc3c2)cs1. The average molecular weight is 444 g/mol. The topological polar surface area (TPSA) is 61.6 Å². The fourth-order valence-corrected chi connectivity index (χ4v) is 3.82. The van der Waals surface area contributed by atoms with Crippen LogP contribution in [0.15, 0.2) is 67.6 Å². The maximum atomic E-state index is 11.4. The molecule has 0 atom stereocenters. The molecule has 4 rings (SSSR count). The lowest BCUT2D eigenvalue weighted by molar-refractivity contribution is 0.302. The van der Waals surface area contributed by atoms with Gasteiger partial charge in [-0.15, -0.1) is 11.3 Å². The summed E-state index contributed by atoms with van der Waals surface area (Å²) in [6, 6.07) is 14.3. The highest BCUT2D eigenvalue weighted by Gasteiger charge is 2.11. The fourth-order valence-electron chi connectivity index (χ4n) is 2.63. The van der Waals surface area contributed by atoms with Crippen LogP contribution >= 0.6 is 27.3 Å². The van der Waals surface area contributed by atoms with Crippen molar-refractivity contribution in [2.45, 2.75) is 6.61 Å². The lowest BCUT2D eigenvalue weighted by Gasteiger charge is -2.06. The zero-order chi connectivity index (χ0) is 18.8.